The first-order valence-electron chi connectivity index (χ1n) is 6.77. The molecule has 2 rings (SSSR count). The Labute approximate surface area is 119 Å². The normalized spacial score (nSPS) is 24.1. The Balaban J connectivity index is 1.83. The van der Waals surface area contributed by atoms with Gasteiger partial charge in [-0.1, -0.05) is 23.7 Å². The third-order valence-corrected chi connectivity index (χ3v) is 3.80. The van der Waals surface area contributed by atoms with Gasteiger partial charge in [0, 0.05) is 24.2 Å². The molecule has 0 saturated carbocycles. The number of rotatable bonds is 4. The van der Waals surface area contributed by atoms with E-state index < -0.39 is 6.10 Å². The summed E-state index contributed by atoms with van der Waals surface area (Å²) in [5.41, 5.74) is 0.824. The van der Waals surface area contributed by atoms with E-state index in [1.807, 2.05) is 12.1 Å². The van der Waals surface area contributed by atoms with Crippen LogP contribution in [0.5, 0.6) is 0 Å². The molecule has 106 valence electrons. The quantitative estimate of drug-likeness (QED) is 0.893. The van der Waals surface area contributed by atoms with Gasteiger partial charge in [0.05, 0.1) is 11.7 Å². The summed E-state index contributed by atoms with van der Waals surface area (Å²) in [7, 11) is 0. The minimum absolute atomic E-state index is 0.0683. The van der Waals surface area contributed by atoms with Crippen molar-refractivity contribution >= 4 is 11.6 Å². The second-order valence-corrected chi connectivity index (χ2v) is 6.21. The Morgan fingerprint density at radius 3 is 2.74 bits per heavy atom. The highest BCUT2D eigenvalue weighted by atomic mass is 35.5. The van der Waals surface area contributed by atoms with E-state index in [-0.39, 0.29) is 5.60 Å². The van der Waals surface area contributed by atoms with Crippen LogP contribution in [-0.4, -0.2) is 29.9 Å². The highest BCUT2D eigenvalue weighted by molar-refractivity contribution is 6.30. The number of halogens is 1. The first kappa shape index (κ1) is 14.8. The number of hydrogen-bond donors (Lipinski definition) is 2. The fraction of sp³-hybridized carbons (Fsp3) is 0.600. The predicted molar refractivity (Wildman–Crippen MR) is 77.5 cm³/mol. The van der Waals surface area contributed by atoms with Crippen molar-refractivity contribution < 1.29 is 9.84 Å². The second-order valence-electron chi connectivity index (χ2n) is 5.77. The largest absolute Gasteiger partial charge is 0.387 e. The third kappa shape index (κ3) is 4.46. The Bertz CT molecular complexity index is 405. The van der Waals surface area contributed by atoms with Gasteiger partial charge in [-0.05, 0) is 44.4 Å². The van der Waals surface area contributed by atoms with Crippen LogP contribution >= 0.6 is 11.6 Å². The first-order chi connectivity index (χ1) is 8.96. The van der Waals surface area contributed by atoms with E-state index in [0.29, 0.717) is 17.6 Å². The molecule has 1 saturated heterocycles. The maximum atomic E-state index is 10.1. The second kappa shape index (κ2) is 6.23. The predicted octanol–water partition coefficient (Wildman–Crippen LogP) is 2.92. The molecule has 1 aliphatic heterocycles. The van der Waals surface area contributed by atoms with Crippen molar-refractivity contribution in [2.75, 3.05) is 13.2 Å². The molecule has 19 heavy (non-hydrogen) atoms. The molecule has 1 heterocycles. The Morgan fingerprint density at radius 2 is 2.11 bits per heavy atom. The van der Waals surface area contributed by atoms with E-state index >= 15 is 0 Å². The van der Waals surface area contributed by atoms with Crippen LogP contribution in [0.1, 0.15) is 38.4 Å². The van der Waals surface area contributed by atoms with Gasteiger partial charge in [-0.3, -0.25) is 0 Å². The van der Waals surface area contributed by atoms with E-state index in [1.54, 1.807) is 12.1 Å². The number of hydrogen-bond acceptors (Lipinski definition) is 3. The van der Waals surface area contributed by atoms with E-state index in [1.165, 1.54) is 0 Å². The molecule has 0 aliphatic carbocycles. The van der Waals surface area contributed by atoms with Gasteiger partial charge >= 0.3 is 0 Å². The van der Waals surface area contributed by atoms with Crippen LogP contribution in [0.2, 0.25) is 5.02 Å². The summed E-state index contributed by atoms with van der Waals surface area (Å²) >= 11 is 5.84. The lowest BCUT2D eigenvalue weighted by molar-refractivity contribution is -0.0638. The van der Waals surface area contributed by atoms with Crippen LogP contribution in [0, 0.1) is 0 Å². The summed E-state index contributed by atoms with van der Waals surface area (Å²) in [6.45, 7) is 5.55. The Kier molecular flexibility index (Phi) is 4.85. The van der Waals surface area contributed by atoms with E-state index in [2.05, 4.69) is 19.2 Å². The van der Waals surface area contributed by atoms with Crippen LogP contribution in [-0.2, 0) is 4.74 Å². The Morgan fingerprint density at radius 1 is 1.42 bits per heavy atom. The SMILES string of the molecule is CC1(C)CC(NCC(O)c2ccc(Cl)cc2)CCO1. The molecule has 1 aromatic rings. The van der Waals surface area contributed by atoms with E-state index in [4.69, 9.17) is 16.3 Å². The van der Waals surface area contributed by atoms with Crippen LogP contribution < -0.4 is 5.32 Å². The molecule has 1 aliphatic rings. The maximum absolute atomic E-state index is 10.1. The van der Waals surface area contributed by atoms with Crippen LogP contribution in [0.15, 0.2) is 24.3 Å². The monoisotopic (exact) mass is 283 g/mol. The zero-order valence-corrected chi connectivity index (χ0v) is 12.3. The van der Waals surface area contributed by atoms with Gasteiger partial charge in [-0.2, -0.15) is 0 Å². The lowest BCUT2D eigenvalue weighted by Crippen LogP contribution is -2.44. The molecule has 0 spiro atoms. The highest BCUT2D eigenvalue weighted by Crippen LogP contribution is 2.24. The molecule has 1 fully saturated rings. The topological polar surface area (TPSA) is 41.5 Å². The summed E-state index contributed by atoms with van der Waals surface area (Å²) in [5.74, 6) is 0. The molecular weight excluding hydrogens is 262 g/mol. The number of benzene rings is 1. The van der Waals surface area contributed by atoms with Crippen molar-refractivity contribution in [1.82, 2.24) is 5.32 Å². The average Bonchev–Trinajstić information content (AvgIpc) is 2.36. The van der Waals surface area contributed by atoms with Crippen LogP contribution in [0.25, 0.3) is 0 Å². The van der Waals surface area contributed by atoms with Crippen molar-refractivity contribution in [3.63, 3.8) is 0 Å². The number of aliphatic hydroxyl groups is 1. The van der Waals surface area contributed by atoms with Gasteiger partial charge in [0.15, 0.2) is 0 Å². The summed E-state index contributed by atoms with van der Waals surface area (Å²) < 4.78 is 5.68. The number of ether oxygens (including phenoxy) is 1. The van der Waals surface area contributed by atoms with Crippen molar-refractivity contribution in [2.24, 2.45) is 0 Å². The third-order valence-electron chi connectivity index (χ3n) is 3.55. The van der Waals surface area contributed by atoms with Gasteiger partial charge in [-0.15, -0.1) is 0 Å². The fourth-order valence-corrected chi connectivity index (χ4v) is 2.61. The summed E-state index contributed by atoms with van der Waals surface area (Å²) in [6, 6.07) is 7.74. The number of nitrogens with one attached hydrogen (secondary N) is 1. The Hall–Kier alpha value is -0.610. The molecule has 2 atom stereocenters. The van der Waals surface area contributed by atoms with E-state index in [9.17, 15) is 5.11 Å². The summed E-state index contributed by atoms with van der Waals surface area (Å²) in [4.78, 5) is 0. The molecule has 0 aromatic heterocycles. The lowest BCUT2D eigenvalue weighted by Gasteiger charge is -2.36. The molecule has 0 amide bonds. The highest BCUT2D eigenvalue weighted by Gasteiger charge is 2.28. The molecule has 1 aromatic carbocycles. The maximum Gasteiger partial charge on any atom is 0.0914 e. The van der Waals surface area contributed by atoms with Gasteiger partial charge in [-0.25, -0.2) is 0 Å². The van der Waals surface area contributed by atoms with E-state index in [0.717, 1.165) is 25.0 Å². The first-order valence-corrected chi connectivity index (χ1v) is 7.15. The van der Waals surface area contributed by atoms with Crippen molar-refractivity contribution in [1.29, 1.82) is 0 Å². The van der Waals surface area contributed by atoms with Crippen molar-refractivity contribution in [3.05, 3.63) is 34.9 Å². The minimum Gasteiger partial charge on any atom is -0.387 e. The molecule has 0 radical (unpaired) electrons. The number of aliphatic hydroxyl groups excluding tert-OH is 1. The lowest BCUT2D eigenvalue weighted by atomic mass is 9.94. The molecule has 2 unspecified atom stereocenters. The van der Waals surface area contributed by atoms with Crippen molar-refractivity contribution in [3.8, 4) is 0 Å². The summed E-state index contributed by atoms with van der Waals surface area (Å²) in [6.07, 6.45) is 1.47. The van der Waals surface area contributed by atoms with Gasteiger partial charge in [0.2, 0.25) is 0 Å². The molecule has 3 nitrogen and oxygen atoms in total. The molecule has 4 heteroatoms. The standard InChI is InChI=1S/C15H22ClNO2/c1-15(2)9-13(7-8-19-15)17-10-14(18)11-3-5-12(16)6-4-11/h3-6,13-14,17-18H,7-10H2,1-2H3. The van der Waals surface area contributed by atoms with Crippen molar-refractivity contribution in [2.45, 2.75) is 44.4 Å². The van der Waals surface area contributed by atoms with Gasteiger partial charge in [0.25, 0.3) is 0 Å². The van der Waals surface area contributed by atoms with Crippen LogP contribution in [0.3, 0.4) is 0 Å². The molecule has 2 N–H and O–H groups in total. The average molecular weight is 284 g/mol. The zero-order valence-electron chi connectivity index (χ0n) is 11.5. The fourth-order valence-electron chi connectivity index (χ4n) is 2.49. The zero-order chi connectivity index (χ0) is 13.9. The smallest absolute Gasteiger partial charge is 0.0914 e. The van der Waals surface area contributed by atoms with Crippen LogP contribution in [0.4, 0.5) is 0 Å². The van der Waals surface area contributed by atoms with Gasteiger partial charge < -0.3 is 15.2 Å². The molecular formula is C15H22ClNO2. The van der Waals surface area contributed by atoms with Gasteiger partial charge in [0.1, 0.15) is 0 Å². The minimum atomic E-state index is -0.497. The summed E-state index contributed by atoms with van der Waals surface area (Å²) in [5, 5.41) is 14.3. The molecule has 0 bridgehead atoms.